The highest BCUT2D eigenvalue weighted by Crippen LogP contribution is 2.16. The molecule has 34 heavy (non-hydrogen) atoms. The van der Waals surface area contributed by atoms with Crippen LogP contribution >= 0.6 is 0 Å². The van der Waals surface area contributed by atoms with E-state index in [1.165, 1.54) is 154 Å². The number of rotatable bonds is 30. The zero-order valence-corrected chi connectivity index (χ0v) is 24.2. The first-order chi connectivity index (χ1) is 16.8. The fraction of sp³-hybridized carbons (Fsp3) is 1.00. The molecule has 0 aliphatic rings. The van der Waals surface area contributed by atoms with Gasteiger partial charge in [-0.1, -0.05) is 162 Å². The zero-order chi connectivity index (χ0) is 24.8. The fourth-order valence-corrected chi connectivity index (χ4v) is 4.71. The van der Waals surface area contributed by atoms with Gasteiger partial charge in [0, 0.05) is 13.2 Å². The van der Waals surface area contributed by atoms with E-state index in [0.29, 0.717) is 0 Å². The molecule has 0 spiro atoms. The molecule has 0 aromatic rings. The van der Waals surface area contributed by atoms with Gasteiger partial charge in [0.15, 0.2) is 6.29 Å². The molecule has 1 unspecified atom stereocenters. The van der Waals surface area contributed by atoms with Crippen LogP contribution in [0.4, 0.5) is 0 Å². The molecule has 0 aliphatic carbocycles. The Morgan fingerprint density at radius 1 is 0.324 bits per heavy atom. The van der Waals surface area contributed by atoms with Crippen molar-refractivity contribution in [2.45, 2.75) is 194 Å². The maximum Gasteiger partial charge on any atom is 0.157 e. The SMILES string of the molecule is CCCCCCCCCCCCCCCC(OCCCC)OCCCCCCCCCCCC. The van der Waals surface area contributed by atoms with Gasteiger partial charge >= 0.3 is 0 Å². The van der Waals surface area contributed by atoms with Gasteiger partial charge in [0.2, 0.25) is 0 Å². The van der Waals surface area contributed by atoms with Crippen molar-refractivity contribution in [1.82, 2.24) is 0 Å². The molecule has 0 heterocycles. The molecule has 0 rings (SSSR count). The van der Waals surface area contributed by atoms with Crippen LogP contribution in [-0.2, 0) is 9.47 Å². The molecular weight excluding hydrogens is 416 g/mol. The van der Waals surface area contributed by atoms with Gasteiger partial charge in [0.1, 0.15) is 0 Å². The Morgan fingerprint density at radius 3 is 1.00 bits per heavy atom. The molecule has 0 fully saturated rings. The summed E-state index contributed by atoms with van der Waals surface area (Å²) >= 11 is 0. The largest absolute Gasteiger partial charge is 0.353 e. The van der Waals surface area contributed by atoms with E-state index in [0.717, 1.165) is 26.1 Å². The molecule has 0 bridgehead atoms. The summed E-state index contributed by atoms with van der Waals surface area (Å²) in [4.78, 5) is 0. The Morgan fingerprint density at radius 2 is 0.618 bits per heavy atom. The van der Waals surface area contributed by atoms with Crippen LogP contribution in [0.3, 0.4) is 0 Å². The summed E-state index contributed by atoms with van der Waals surface area (Å²) in [6.07, 6.45) is 35.6. The van der Waals surface area contributed by atoms with Crippen LogP contribution in [0.15, 0.2) is 0 Å². The molecule has 2 nitrogen and oxygen atoms in total. The van der Waals surface area contributed by atoms with Crippen molar-refractivity contribution in [3.8, 4) is 0 Å². The monoisotopic (exact) mass is 483 g/mol. The first-order valence-corrected chi connectivity index (χ1v) is 16.1. The molecular formula is C32H66O2. The van der Waals surface area contributed by atoms with Gasteiger partial charge in [-0.3, -0.25) is 0 Å². The summed E-state index contributed by atoms with van der Waals surface area (Å²) in [6.45, 7) is 8.56. The van der Waals surface area contributed by atoms with Gasteiger partial charge in [0.05, 0.1) is 0 Å². The van der Waals surface area contributed by atoms with Crippen molar-refractivity contribution in [2.75, 3.05) is 13.2 Å². The first kappa shape index (κ1) is 33.9. The van der Waals surface area contributed by atoms with E-state index >= 15 is 0 Å². The molecule has 206 valence electrons. The fourth-order valence-electron chi connectivity index (χ4n) is 4.71. The zero-order valence-electron chi connectivity index (χ0n) is 24.2. The van der Waals surface area contributed by atoms with Gasteiger partial charge < -0.3 is 9.47 Å². The molecule has 0 aromatic carbocycles. The molecule has 0 aromatic heterocycles. The van der Waals surface area contributed by atoms with E-state index in [4.69, 9.17) is 9.47 Å². The predicted molar refractivity (Wildman–Crippen MR) is 153 cm³/mol. The van der Waals surface area contributed by atoms with Crippen LogP contribution < -0.4 is 0 Å². The van der Waals surface area contributed by atoms with E-state index in [1.54, 1.807) is 0 Å². The number of hydrogen-bond acceptors (Lipinski definition) is 2. The molecule has 2 heteroatoms. The average Bonchev–Trinajstić information content (AvgIpc) is 2.85. The summed E-state index contributed by atoms with van der Waals surface area (Å²) in [5.41, 5.74) is 0. The Hall–Kier alpha value is -0.0800. The van der Waals surface area contributed by atoms with Crippen LogP contribution in [0, 0.1) is 0 Å². The Bertz CT molecular complexity index is 344. The molecule has 0 N–H and O–H groups in total. The van der Waals surface area contributed by atoms with Gasteiger partial charge in [-0.15, -0.1) is 0 Å². The van der Waals surface area contributed by atoms with Crippen molar-refractivity contribution in [2.24, 2.45) is 0 Å². The molecule has 0 aliphatic heterocycles. The molecule has 0 amide bonds. The van der Waals surface area contributed by atoms with Crippen molar-refractivity contribution in [3.05, 3.63) is 0 Å². The summed E-state index contributed by atoms with van der Waals surface area (Å²) in [5.74, 6) is 0. The minimum atomic E-state index is 0.0397. The standard InChI is InChI=1S/C32H66O2/c1-4-7-10-12-14-16-18-19-20-21-23-25-27-29-32(33-30-9-6-3)34-31-28-26-24-22-17-15-13-11-8-5-2/h32H,4-31H2,1-3H3. The van der Waals surface area contributed by atoms with Gasteiger partial charge in [0.25, 0.3) is 0 Å². The van der Waals surface area contributed by atoms with E-state index < -0.39 is 0 Å². The highest BCUT2D eigenvalue weighted by molar-refractivity contribution is 4.53. The number of hydrogen-bond donors (Lipinski definition) is 0. The lowest BCUT2D eigenvalue weighted by molar-refractivity contribution is -0.147. The minimum Gasteiger partial charge on any atom is -0.353 e. The van der Waals surface area contributed by atoms with Crippen LogP contribution in [0.5, 0.6) is 0 Å². The average molecular weight is 483 g/mol. The molecule has 0 saturated heterocycles. The lowest BCUT2D eigenvalue weighted by Gasteiger charge is -2.18. The Labute approximate surface area is 216 Å². The maximum atomic E-state index is 6.15. The summed E-state index contributed by atoms with van der Waals surface area (Å²) in [5, 5.41) is 0. The second-order valence-electron chi connectivity index (χ2n) is 10.7. The van der Waals surface area contributed by atoms with E-state index in [1.807, 2.05) is 0 Å². The summed E-state index contributed by atoms with van der Waals surface area (Å²) < 4.78 is 12.2. The van der Waals surface area contributed by atoms with Gasteiger partial charge in [-0.25, -0.2) is 0 Å². The topological polar surface area (TPSA) is 18.5 Å². The highest BCUT2D eigenvalue weighted by Gasteiger charge is 2.09. The van der Waals surface area contributed by atoms with E-state index in [2.05, 4.69) is 20.8 Å². The van der Waals surface area contributed by atoms with E-state index in [9.17, 15) is 0 Å². The van der Waals surface area contributed by atoms with Crippen LogP contribution in [0.1, 0.15) is 188 Å². The lowest BCUT2D eigenvalue weighted by atomic mass is 10.0. The van der Waals surface area contributed by atoms with E-state index in [-0.39, 0.29) is 6.29 Å². The first-order valence-electron chi connectivity index (χ1n) is 16.1. The maximum absolute atomic E-state index is 6.15. The van der Waals surface area contributed by atoms with Gasteiger partial charge in [-0.2, -0.15) is 0 Å². The van der Waals surface area contributed by atoms with Gasteiger partial charge in [-0.05, 0) is 25.7 Å². The van der Waals surface area contributed by atoms with Crippen molar-refractivity contribution < 1.29 is 9.47 Å². The van der Waals surface area contributed by atoms with Crippen LogP contribution in [-0.4, -0.2) is 19.5 Å². The quantitative estimate of drug-likeness (QED) is 0.0748. The molecule has 1 atom stereocenters. The second-order valence-corrected chi connectivity index (χ2v) is 10.7. The molecule has 0 saturated carbocycles. The minimum absolute atomic E-state index is 0.0397. The lowest BCUT2D eigenvalue weighted by Crippen LogP contribution is -2.19. The third-order valence-corrected chi connectivity index (χ3v) is 7.15. The highest BCUT2D eigenvalue weighted by atomic mass is 16.7. The molecule has 0 radical (unpaired) electrons. The van der Waals surface area contributed by atoms with Crippen molar-refractivity contribution in [3.63, 3.8) is 0 Å². The van der Waals surface area contributed by atoms with Crippen LogP contribution in [0.2, 0.25) is 0 Å². The van der Waals surface area contributed by atoms with Crippen LogP contribution in [0.25, 0.3) is 0 Å². The third kappa shape index (κ3) is 28.2. The van der Waals surface area contributed by atoms with Crippen molar-refractivity contribution >= 4 is 0 Å². The Balaban J connectivity index is 3.57. The third-order valence-electron chi connectivity index (χ3n) is 7.15. The normalized spacial score (nSPS) is 12.4. The van der Waals surface area contributed by atoms with Crippen molar-refractivity contribution in [1.29, 1.82) is 0 Å². The number of ether oxygens (including phenoxy) is 2. The Kier molecular flexibility index (Phi) is 30.9. The number of unbranched alkanes of at least 4 members (excludes halogenated alkanes) is 22. The smallest absolute Gasteiger partial charge is 0.157 e. The second kappa shape index (κ2) is 31.0. The summed E-state index contributed by atoms with van der Waals surface area (Å²) in [7, 11) is 0. The summed E-state index contributed by atoms with van der Waals surface area (Å²) in [6, 6.07) is 0. The predicted octanol–water partition coefficient (Wildman–Crippen LogP) is 11.5.